The maximum Gasteiger partial charge on any atom is 0.354 e. The highest BCUT2D eigenvalue weighted by Gasteiger charge is 2.24. The normalized spacial score (nSPS) is 16.3. The lowest BCUT2D eigenvalue weighted by atomic mass is 9.77. The minimum atomic E-state index is -1.00. The number of nitrogens with one attached hydrogen (secondary N) is 1. The highest BCUT2D eigenvalue weighted by Crippen LogP contribution is 2.34. The number of aromatic nitrogens is 1. The summed E-state index contributed by atoms with van der Waals surface area (Å²) >= 11 is 0. The maximum atomic E-state index is 10.8. The molecule has 0 radical (unpaired) electrons. The van der Waals surface area contributed by atoms with Crippen molar-refractivity contribution in [2.45, 2.75) is 12.3 Å². The average Bonchev–Trinajstić information content (AvgIpc) is 2.40. The Balaban J connectivity index is 1.65. The number of benzene rings is 1. The Kier molecular flexibility index (Phi) is 2.91. The van der Waals surface area contributed by atoms with E-state index in [0.29, 0.717) is 11.7 Å². The van der Waals surface area contributed by atoms with Gasteiger partial charge in [-0.1, -0.05) is 30.3 Å². The van der Waals surface area contributed by atoms with Crippen LogP contribution in [0.2, 0.25) is 0 Å². The second kappa shape index (κ2) is 4.72. The largest absolute Gasteiger partial charge is 0.477 e. The zero-order valence-corrected chi connectivity index (χ0v) is 10.3. The third-order valence-electron chi connectivity index (χ3n) is 3.46. The van der Waals surface area contributed by atoms with Gasteiger partial charge < -0.3 is 10.4 Å². The zero-order valence-electron chi connectivity index (χ0n) is 10.3. The van der Waals surface area contributed by atoms with Gasteiger partial charge in [-0.3, -0.25) is 0 Å². The van der Waals surface area contributed by atoms with E-state index in [0.717, 1.165) is 13.0 Å². The van der Waals surface area contributed by atoms with Crippen LogP contribution in [-0.4, -0.2) is 22.6 Å². The molecular formula is C15H14N2O2. The summed E-state index contributed by atoms with van der Waals surface area (Å²) in [4.78, 5) is 14.9. The van der Waals surface area contributed by atoms with Crippen LogP contribution in [0.25, 0.3) is 0 Å². The van der Waals surface area contributed by atoms with Gasteiger partial charge in [0.25, 0.3) is 0 Å². The molecule has 0 saturated carbocycles. The molecule has 0 aliphatic heterocycles. The van der Waals surface area contributed by atoms with E-state index in [1.54, 1.807) is 12.1 Å². The quantitative estimate of drug-likeness (QED) is 0.880. The summed E-state index contributed by atoms with van der Waals surface area (Å²) in [6, 6.07) is 13.4. The summed E-state index contributed by atoms with van der Waals surface area (Å²) in [6.07, 6.45) is 1.07. The average molecular weight is 254 g/mol. The maximum absolute atomic E-state index is 10.8. The summed E-state index contributed by atoms with van der Waals surface area (Å²) in [5, 5.41) is 12.1. The number of hydrogen-bond donors (Lipinski definition) is 2. The molecule has 0 amide bonds. The van der Waals surface area contributed by atoms with Crippen molar-refractivity contribution >= 4 is 11.8 Å². The summed E-state index contributed by atoms with van der Waals surface area (Å²) in [6.45, 7) is 0.785. The molecule has 1 aromatic carbocycles. The van der Waals surface area contributed by atoms with Crippen LogP contribution in [0.3, 0.4) is 0 Å². The van der Waals surface area contributed by atoms with Crippen LogP contribution in [0.1, 0.15) is 27.5 Å². The Bertz CT molecular complexity index is 625. The molecule has 3 rings (SSSR count). The molecular weight excluding hydrogens is 240 g/mol. The number of pyridine rings is 1. The lowest BCUT2D eigenvalue weighted by Gasteiger charge is -2.30. The highest BCUT2D eigenvalue weighted by molar-refractivity contribution is 5.85. The fourth-order valence-electron chi connectivity index (χ4n) is 2.42. The number of carboxylic acids is 1. The number of carboxylic acid groups (broad SMARTS) is 1. The Morgan fingerprint density at radius 1 is 1.26 bits per heavy atom. The fourth-order valence-corrected chi connectivity index (χ4v) is 2.42. The number of anilines is 1. The van der Waals surface area contributed by atoms with Crippen LogP contribution in [0.15, 0.2) is 42.5 Å². The highest BCUT2D eigenvalue weighted by atomic mass is 16.4. The third-order valence-corrected chi connectivity index (χ3v) is 3.46. The van der Waals surface area contributed by atoms with E-state index in [2.05, 4.69) is 28.5 Å². The molecule has 1 heterocycles. The first-order chi connectivity index (χ1) is 9.24. The molecule has 0 fully saturated rings. The molecule has 1 unspecified atom stereocenters. The van der Waals surface area contributed by atoms with Crippen molar-refractivity contribution in [1.82, 2.24) is 4.98 Å². The topological polar surface area (TPSA) is 62.2 Å². The molecule has 0 saturated heterocycles. The smallest absolute Gasteiger partial charge is 0.354 e. The number of rotatable bonds is 4. The van der Waals surface area contributed by atoms with E-state index in [1.165, 1.54) is 17.2 Å². The van der Waals surface area contributed by atoms with Crippen LogP contribution in [0.4, 0.5) is 5.82 Å². The van der Waals surface area contributed by atoms with Gasteiger partial charge in [0.2, 0.25) is 0 Å². The number of hydrogen-bond acceptors (Lipinski definition) is 3. The van der Waals surface area contributed by atoms with Gasteiger partial charge in [-0.05, 0) is 29.7 Å². The van der Waals surface area contributed by atoms with E-state index >= 15 is 0 Å². The number of carbonyl (C=O) groups is 1. The monoisotopic (exact) mass is 254 g/mol. The predicted octanol–water partition coefficient (Wildman–Crippen LogP) is 2.53. The van der Waals surface area contributed by atoms with Gasteiger partial charge in [0.05, 0.1) is 0 Å². The molecule has 4 nitrogen and oxygen atoms in total. The number of nitrogens with zero attached hydrogens (tertiary/aromatic N) is 1. The van der Waals surface area contributed by atoms with E-state index in [9.17, 15) is 4.79 Å². The molecule has 2 N–H and O–H groups in total. The first-order valence-electron chi connectivity index (χ1n) is 6.26. The molecule has 19 heavy (non-hydrogen) atoms. The minimum Gasteiger partial charge on any atom is -0.477 e. The van der Waals surface area contributed by atoms with E-state index in [-0.39, 0.29) is 5.69 Å². The lowest BCUT2D eigenvalue weighted by molar-refractivity contribution is 0.0690. The summed E-state index contributed by atoms with van der Waals surface area (Å²) in [5.41, 5.74) is 2.85. The van der Waals surface area contributed by atoms with Gasteiger partial charge in [-0.25, -0.2) is 9.78 Å². The van der Waals surface area contributed by atoms with Crippen LogP contribution in [-0.2, 0) is 6.42 Å². The number of fused-ring (bicyclic) bond motifs is 1. The van der Waals surface area contributed by atoms with Gasteiger partial charge in [-0.2, -0.15) is 0 Å². The summed E-state index contributed by atoms with van der Waals surface area (Å²) in [5.74, 6) is 0.105. The van der Waals surface area contributed by atoms with Crippen molar-refractivity contribution in [3.8, 4) is 0 Å². The van der Waals surface area contributed by atoms with Gasteiger partial charge in [-0.15, -0.1) is 0 Å². The van der Waals surface area contributed by atoms with Crippen LogP contribution in [0.5, 0.6) is 0 Å². The van der Waals surface area contributed by atoms with E-state index < -0.39 is 5.97 Å². The van der Waals surface area contributed by atoms with Crippen molar-refractivity contribution in [2.75, 3.05) is 11.9 Å². The molecule has 0 bridgehead atoms. The lowest BCUT2D eigenvalue weighted by Crippen LogP contribution is -2.24. The van der Waals surface area contributed by atoms with Gasteiger partial charge >= 0.3 is 5.97 Å². The third kappa shape index (κ3) is 2.29. The van der Waals surface area contributed by atoms with Gasteiger partial charge in [0, 0.05) is 12.5 Å². The first-order valence-corrected chi connectivity index (χ1v) is 6.26. The van der Waals surface area contributed by atoms with E-state index in [4.69, 9.17) is 5.11 Å². The van der Waals surface area contributed by atoms with Crippen molar-refractivity contribution in [3.63, 3.8) is 0 Å². The molecule has 1 aromatic heterocycles. The Hall–Kier alpha value is -2.36. The van der Waals surface area contributed by atoms with Crippen molar-refractivity contribution in [2.24, 2.45) is 0 Å². The van der Waals surface area contributed by atoms with Gasteiger partial charge in [0.1, 0.15) is 5.82 Å². The second-order valence-electron chi connectivity index (χ2n) is 4.69. The Labute approximate surface area is 111 Å². The Morgan fingerprint density at radius 3 is 2.89 bits per heavy atom. The molecule has 0 spiro atoms. The van der Waals surface area contributed by atoms with Gasteiger partial charge in [0.15, 0.2) is 5.69 Å². The van der Waals surface area contributed by atoms with Crippen molar-refractivity contribution in [3.05, 3.63) is 59.3 Å². The van der Waals surface area contributed by atoms with Crippen LogP contribution >= 0.6 is 0 Å². The second-order valence-corrected chi connectivity index (χ2v) is 4.69. The van der Waals surface area contributed by atoms with E-state index in [1.807, 2.05) is 6.07 Å². The molecule has 1 aliphatic carbocycles. The van der Waals surface area contributed by atoms with Crippen LogP contribution in [0, 0.1) is 0 Å². The molecule has 1 atom stereocenters. The zero-order chi connectivity index (χ0) is 13.2. The molecule has 2 aromatic rings. The molecule has 96 valence electrons. The van der Waals surface area contributed by atoms with Crippen LogP contribution < -0.4 is 5.32 Å². The Morgan fingerprint density at radius 2 is 2.11 bits per heavy atom. The summed E-state index contributed by atoms with van der Waals surface area (Å²) < 4.78 is 0. The first kappa shape index (κ1) is 11.7. The fraction of sp³-hybridized carbons (Fsp3) is 0.200. The van der Waals surface area contributed by atoms with Crippen molar-refractivity contribution < 1.29 is 9.90 Å². The predicted molar refractivity (Wildman–Crippen MR) is 72.6 cm³/mol. The standard InChI is InChI=1S/C15H14N2O2/c18-15(19)13-6-3-7-14(17-13)16-9-11-8-10-4-1-2-5-12(10)11/h1-7,11H,8-9H2,(H,16,17)(H,18,19). The molecule has 4 heteroatoms. The molecule has 1 aliphatic rings. The number of aromatic carboxylic acids is 1. The minimum absolute atomic E-state index is 0.0685. The SMILES string of the molecule is O=C(O)c1cccc(NCC2Cc3ccccc32)n1. The summed E-state index contributed by atoms with van der Waals surface area (Å²) in [7, 11) is 0. The van der Waals surface area contributed by atoms with Crippen molar-refractivity contribution in [1.29, 1.82) is 0 Å².